The molecule has 0 saturated heterocycles. The number of carbonyl (C=O) groups is 2. The molecular weight excluding hydrogens is 281 g/mol. The third-order valence-electron chi connectivity index (χ3n) is 2.65. The largest absolute Gasteiger partial charge is 0.477 e. The molecule has 0 radical (unpaired) electrons. The normalized spacial score (nSPS) is 10.3. The van der Waals surface area contributed by atoms with Gasteiger partial charge < -0.3 is 10.4 Å². The molecule has 0 spiro atoms. The van der Waals surface area contributed by atoms with Gasteiger partial charge in [0.15, 0.2) is 0 Å². The van der Waals surface area contributed by atoms with Gasteiger partial charge in [-0.1, -0.05) is 0 Å². The fourth-order valence-corrected chi connectivity index (χ4v) is 2.71. The van der Waals surface area contributed by atoms with E-state index in [2.05, 4.69) is 5.32 Å². The highest BCUT2D eigenvalue weighted by molar-refractivity contribution is 7.18. The van der Waals surface area contributed by atoms with Crippen LogP contribution in [0, 0.1) is 19.7 Å². The fraction of sp³-hybridized carbons (Fsp3) is 0.143. The van der Waals surface area contributed by atoms with Gasteiger partial charge in [0.05, 0.1) is 5.00 Å². The first kappa shape index (κ1) is 14.2. The van der Waals surface area contributed by atoms with E-state index >= 15 is 0 Å². The maximum Gasteiger partial charge on any atom is 0.346 e. The number of hydrogen-bond acceptors (Lipinski definition) is 3. The molecule has 0 atom stereocenters. The Labute approximate surface area is 118 Å². The zero-order valence-corrected chi connectivity index (χ0v) is 11.7. The summed E-state index contributed by atoms with van der Waals surface area (Å²) in [7, 11) is 0. The van der Waals surface area contributed by atoms with Crippen LogP contribution in [0.1, 0.15) is 31.2 Å². The number of rotatable bonds is 3. The summed E-state index contributed by atoms with van der Waals surface area (Å²) in [5.74, 6) is -1.98. The topological polar surface area (TPSA) is 66.4 Å². The minimum absolute atomic E-state index is 0.177. The highest BCUT2D eigenvalue weighted by Crippen LogP contribution is 2.27. The maximum absolute atomic E-state index is 13.2. The van der Waals surface area contributed by atoms with Gasteiger partial charge in [-0.3, -0.25) is 4.79 Å². The number of anilines is 1. The number of carboxylic acids is 1. The van der Waals surface area contributed by atoms with Crippen LogP contribution in [0.2, 0.25) is 0 Å². The Morgan fingerprint density at radius 1 is 1.20 bits per heavy atom. The zero-order chi connectivity index (χ0) is 14.9. The van der Waals surface area contributed by atoms with Gasteiger partial charge in [0, 0.05) is 5.56 Å². The first-order valence-corrected chi connectivity index (χ1v) is 6.60. The first-order chi connectivity index (χ1) is 9.36. The molecule has 2 aromatic rings. The third kappa shape index (κ3) is 3.03. The molecule has 1 heterocycles. The summed E-state index contributed by atoms with van der Waals surface area (Å²) in [6, 6.07) is 5.62. The maximum atomic E-state index is 13.2. The quantitative estimate of drug-likeness (QED) is 0.910. The van der Waals surface area contributed by atoms with Crippen LogP contribution >= 0.6 is 11.3 Å². The van der Waals surface area contributed by atoms with Crippen molar-refractivity contribution in [2.75, 3.05) is 5.32 Å². The molecule has 0 fully saturated rings. The molecule has 1 aromatic carbocycles. The smallest absolute Gasteiger partial charge is 0.346 e. The van der Waals surface area contributed by atoms with E-state index in [0.717, 1.165) is 17.4 Å². The van der Waals surface area contributed by atoms with Crippen molar-refractivity contribution in [3.05, 3.63) is 51.7 Å². The Kier molecular flexibility index (Phi) is 3.85. The van der Waals surface area contributed by atoms with Gasteiger partial charge in [-0.2, -0.15) is 0 Å². The molecule has 0 aliphatic rings. The lowest BCUT2D eigenvalue weighted by molar-refractivity contribution is 0.0701. The minimum Gasteiger partial charge on any atom is -0.477 e. The lowest BCUT2D eigenvalue weighted by Crippen LogP contribution is -2.11. The van der Waals surface area contributed by atoms with E-state index in [0.29, 0.717) is 16.1 Å². The molecule has 0 aliphatic heterocycles. The second kappa shape index (κ2) is 5.42. The lowest BCUT2D eigenvalue weighted by Gasteiger charge is -2.04. The molecule has 2 N–H and O–H groups in total. The van der Waals surface area contributed by atoms with E-state index < -0.39 is 17.7 Å². The van der Waals surface area contributed by atoms with Crippen LogP contribution in [0.4, 0.5) is 9.39 Å². The van der Waals surface area contributed by atoms with Gasteiger partial charge in [0.2, 0.25) is 0 Å². The highest BCUT2D eigenvalue weighted by atomic mass is 32.1. The second-order valence-electron chi connectivity index (χ2n) is 4.40. The predicted octanol–water partition coefficient (Wildman–Crippen LogP) is 3.45. The Hall–Kier alpha value is -2.21. The van der Waals surface area contributed by atoms with Crippen LogP contribution in [0.3, 0.4) is 0 Å². The van der Waals surface area contributed by atoms with E-state index in [9.17, 15) is 14.0 Å². The monoisotopic (exact) mass is 293 g/mol. The van der Waals surface area contributed by atoms with E-state index in [4.69, 9.17) is 5.11 Å². The highest BCUT2D eigenvalue weighted by Gasteiger charge is 2.15. The molecule has 0 bridgehead atoms. The van der Waals surface area contributed by atoms with E-state index in [1.165, 1.54) is 6.07 Å². The van der Waals surface area contributed by atoms with Crippen molar-refractivity contribution >= 4 is 28.2 Å². The lowest BCUT2D eigenvalue weighted by atomic mass is 10.1. The molecule has 6 heteroatoms. The van der Waals surface area contributed by atoms with Crippen molar-refractivity contribution in [3.8, 4) is 0 Å². The number of carbonyl (C=O) groups excluding carboxylic acids is 1. The van der Waals surface area contributed by atoms with Crippen LogP contribution in [-0.2, 0) is 0 Å². The Balaban J connectivity index is 2.23. The van der Waals surface area contributed by atoms with Crippen LogP contribution in [0.25, 0.3) is 0 Å². The van der Waals surface area contributed by atoms with Crippen molar-refractivity contribution in [2.24, 2.45) is 0 Å². The number of benzene rings is 1. The number of halogens is 1. The Bertz CT molecular complexity index is 673. The molecule has 4 nitrogen and oxygen atoms in total. The number of hydrogen-bond donors (Lipinski definition) is 2. The van der Waals surface area contributed by atoms with Crippen LogP contribution in [0.5, 0.6) is 0 Å². The molecule has 20 heavy (non-hydrogen) atoms. The number of carboxylic acid groups (broad SMARTS) is 1. The predicted molar refractivity (Wildman–Crippen MR) is 75.1 cm³/mol. The van der Waals surface area contributed by atoms with Crippen LogP contribution in [0.15, 0.2) is 24.3 Å². The molecule has 2 rings (SSSR count). The third-order valence-corrected chi connectivity index (χ3v) is 3.79. The van der Waals surface area contributed by atoms with Gasteiger partial charge >= 0.3 is 5.97 Å². The summed E-state index contributed by atoms with van der Waals surface area (Å²) < 4.78 is 13.2. The van der Waals surface area contributed by atoms with Gasteiger partial charge in [-0.25, -0.2) is 9.18 Å². The van der Waals surface area contributed by atoms with Gasteiger partial charge in [0.25, 0.3) is 5.91 Å². The average Bonchev–Trinajstić information content (AvgIpc) is 2.69. The van der Waals surface area contributed by atoms with Gasteiger partial charge in [-0.05, 0) is 49.2 Å². The molecule has 104 valence electrons. The summed E-state index contributed by atoms with van der Waals surface area (Å²) in [5, 5.41) is 12.0. The summed E-state index contributed by atoms with van der Waals surface area (Å²) in [5.41, 5.74) is 1.42. The van der Waals surface area contributed by atoms with E-state index in [-0.39, 0.29) is 10.4 Å². The summed E-state index contributed by atoms with van der Waals surface area (Å²) in [6.07, 6.45) is 0. The van der Waals surface area contributed by atoms with Crippen molar-refractivity contribution in [1.82, 2.24) is 0 Å². The van der Waals surface area contributed by atoms with Crippen molar-refractivity contribution in [3.63, 3.8) is 0 Å². The Morgan fingerprint density at radius 2 is 1.90 bits per heavy atom. The molecule has 0 saturated carbocycles. The molecule has 1 amide bonds. The van der Waals surface area contributed by atoms with Crippen molar-refractivity contribution in [1.29, 1.82) is 0 Å². The minimum atomic E-state index is -1.03. The van der Waals surface area contributed by atoms with Crippen LogP contribution < -0.4 is 5.32 Å². The molecule has 1 aromatic heterocycles. The Morgan fingerprint density at radius 3 is 2.45 bits per heavy atom. The van der Waals surface area contributed by atoms with Crippen molar-refractivity contribution in [2.45, 2.75) is 13.8 Å². The van der Waals surface area contributed by atoms with Gasteiger partial charge in [0.1, 0.15) is 10.7 Å². The number of aryl methyl sites for hydroxylation is 2. The molecule has 0 aliphatic carbocycles. The fourth-order valence-electron chi connectivity index (χ4n) is 1.81. The van der Waals surface area contributed by atoms with Crippen LogP contribution in [-0.4, -0.2) is 17.0 Å². The molecular formula is C14H12FNO3S. The molecule has 0 unspecified atom stereocenters. The standard InChI is InChI=1S/C14H12FNO3S/c1-7-3-9(6-10(15)4-7)13(17)16-11-5-8(2)12(20-11)14(18)19/h3-6H,1-2H3,(H,16,17)(H,18,19). The average molecular weight is 293 g/mol. The van der Waals surface area contributed by atoms with E-state index in [1.807, 2.05) is 0 Å². The van der Waals surface area contributed by atoms with Gasteiger partial charge in [-0.15, -0.1) is 11.3 Å². The number of aromatic carboxylic acids is 1. The van der Waals surface area contributed by atoms with E-state index in [1.54, 1.807) is 26.0 Å². The summed E-state index contributed by atoms with van der Waals surface area (Å²) >= 11 is 0.974. The number of amides is 1. The number of nitrogens with one attached hydrogen (secondary N) is 1. The first-order valence-electron chi connectivity index (χ1n) is 5.79. The zero-order valence-electron chi connectivity index (χ0n) is 10.9. The summed E-state index contributed by atoms with van der Waals surface area (Å²) in [6.45, 7) is 3.35. The number of thiophene rings is 1. The summed E-state index contributed by atoms with van der Waals surface area (Å²) in [4.78, 5) is 23.1. The van der Waals surface area contributed by atoms with Crippen molar-refractivity contribution < 1.29 is 19.1 Å². The second-order valence-corrected chi connectivity index (χ2v) is 5.45. The SMILES string of the molecule is Cc1cc(F)cc(C(=O)Nc2cc(C)c(C(=O)O)s2)c1.